The molecule has 1 atom stereocenters. The van der Waals surface area contributed by atoms with Gasteiger partial charge in [0.05, 0.1) is 6.61 Å². The first-order valence-corrected chi connectivity index (χ1v) is 6.15. The van der Waals surface area contributed by atoms with Crippen molar-refractivity contribution in [2.75, 3.05) is 19.7 Å². The molecule has 1 aromatic carbocycles. The third-order valence-corrected chi connectivity index (χ3v) is 2.93. The molecule has 1 aliphatic heterocycles. The normalized spacial score (nSPS) is 18.6. The number of carbonyl (C=O) groups excluding carboxylic acids is 1. The van der Waals surface area contributed by atoms with E-state index in [-0.39, 0.29) is 5.91 Å². The van der Waals surface area contributed by atoms with E-state index in [1.807, 2.05) is 36.4 Å². The van der Waals surface area contributed by atoms with Crippen LogP contribution in [0.2, 0.25) is 0 Å². The molecule has 0 aromatic heterocycles. The van der Waals surface area contributed by atoms with Crippen molar-refractivity contribution in [3.63, 3.8) is 0 Å². The number of nitrogens with one attached hydrogen (secondary N) is 1. The molecular formula is C14H18N2O2. The third-order valence-electron chi connectivity index (χ3n) is 2.93. The molecule has 0 spiro atoms. The first-order chi connectivity index (χ1) is 8.83. The lowest BCUT2D eigenvalue weighted by Gasteiger charge is -2.24. The fourth-order valence-electron chi connectivity index (χ4n) is 2.04. The van der Waals surface area contributed by atoms with Gasteiger partial charge in [-0.3, -0.25) is 4.79 Å². The van der Waals surface area contributed by atoms with Crippen LogP contribution in [0.15, 0.2) is 36.4 Å². The average molecular weight is 246 g/mol. The first-order valence-electron chi connectivity index (χ1n) is 6.15. The van der Waals surface area contributed by atoms with Crippen LogP contribution in [0.5, 0.6) is 0 Å². The van der Waals surface area contributed by atoms with Crippen LogP contribution in [0.25, 0.3) is 0 Å². The highest BCUT2D eigenvalue weighted by Crippen LogP contribution is 2.26. The Balaban J connectivity index is 2.01. The zero-order valence-corrected chi connectivity index (χ0v) is 10.3. The Morgan fingerprint density at radius 2 is 2.28 bits per heavy atom. The lowest BCUT2D eigenvalue weighted by atomic mass is 9.97. The molecule has 1 unspecified atom stereocenters. The number of benzene rings is 1. The number of amides is 1. The van der Waals surface area contributed by atoms with Gasteiger partial charge in [-0.25, -0.2) is 0 Å². The van der Waals surface area contributed by atoms with Gasteiger partial charge in [0.2, 0.25) is 0 Å². The van der Waals surface area contributed by atoms with Crippen molar-refractivity contribution in [1.82, 2.24) is 5.32 Å². The molecule has 1 amide bonds. The molecule has 0 fully saturated rings. The van der Waals surface area contributed by atoms with Gasteiger partial charge >= 0.3 is 0 Å². The highest BCUT2D eigenvalue weighted by molar-refractivity contribution is 5.83. The Kier molecular flexibility index (Phi) is 4.50. The molecule has 0 saturated carbocycles. The number of nitrogens with two attached hydrogens (primary N) is 1. The number of fused-ring (bicyclic) bond motifs is 1. The van der Waals surface area contributed by atoms with E-state index in [4.69, 9.17) is 10.5 Å². The minimum absolute atomic E-state index is 0.0937. The average Bonchev–Trinajstić information content (AvgIpc) is 2.43. The number of ether oxygens (including phenoxy) is 1. The molecule has 1 aliphatic rings. The number of carbonyl (C=O) groups is 1. The van der Waals surface area contributed by atoms with E-state index >= 15 is 0 Å². The van der Waals surface area contributed by atoms with Gasteiger partial charge in [0.15, 0.2) is 6.10 Å². The van der Waals surface area contributed by atoms with Crippen LogP contribution in [-0.4, -0.2) is 25.6 Å². The molecule has 1 aromatic rings. The van der Waals surface area contributed by atoms with Gasteiger partial charge in [-0.15, -0.1) is 0 Å². The monoisotopic (exact) mass is 246 g/mol. The summed E-state index contributed by atoms with van der Waals surface area (Å²) in [6.45, 7) is 1.56. The summed E-state index contributed by atoms with van der Waals surface area (Å²) in [6.07, 6.45) is 4.04. The number of hydrogen-bond acceptors (Lipinski definition) is 3. The van der Waals surface area contributed by atoms with E-state index in [1.165, 1.54) is 5.56 Å². The van der Waals surface area contributed by atoms with Crippen LogP contribution in [0.4, 0.5) is 0 Å². The van der Waals surface area contributed by atoms with Crippen molar-refractivity contribution in [2.24, 2.45) is 5.73 Å². The second kappa shape index (κ2) is 6.33. The summed E-state index contributed by atoms with van der Waals surface area (Å²) in [5, 5.41) is 2.82. The van der Waals surface area contributed by atoms with Gasteiger partial charge in [-0.05, 0) is 17.5 Å². The molecular weight excluding hydrogens is 228 g/mol. The summed E-state index contributed by atoms with van der Waals surface area (Å²) in [7, 11) is 0. The molecule has 0 aliphatic carbocycles. The van der Waals surface area contributed by atoms with E-state index < -0.39 is 6.10 Å². The topological polar surface area (TPSA) is 64.3 Å². The zero-order valence-electron chi connectivity index (χ0n) is 10.3. The Morgan fingerprint density at radius 3 is 3.11 bits per heavy atom. The van der Waals surface area contributed by atoms with Crippen molar-refractivity contribution in [3.8, 4) is 0 Å². The largest absolute Gasteiger partial charge is 0.363 e. The van der Waals surface area contributed by atoms with Crippen LogP contribution < -0.4 is 11.1 Å². The molecule has 18 heavy (non-hydrogen) atoms. The minimum atomic E-state index is -0.485. The van der Waals surface area contributed by atoms with E-state index in [1.54, 1.807) is 0 Å². The Morgan fingerprint density at radius 1 is 1.44 bits per heavy atom. The maximum Gasteiger partial charge on any atom is 0.254 e. The van der Waals surface area contributed by atoms with Gasteiger partial charge in [-0.1, -0.05) is 36.4 Å². The quantitative estimate of drug-likeness (QED) is 0.777. The summed E-state index contributed by atoms with van der Waals surface area (Å²) in [4.78, 5) is 12.0. The van der Waals surface area contributed by atoms with Crippen molar-refractivity contribution in [1.29, 1.82) is 0 Å². The molecule has 4 nitrogen and oxygen atoms in total. The predicted molar refractivity (Wildman–Crippen MR) is 70.0 cm³/mol. The minimum Gasteiger partial charge on any atom is -0.363 e. The smallest absolute Gasteiger partial charge is 0.254 e. The first kappa shape index (κ1) is 12.8. The molecule has 2 rings (SSSR count). The van der Waals surface area contributed by atoms with E-state index in [0.29, 0.717) is 19.7 Å². The second-order valence-electron chi connectivity index (χ2n) is 4.15. The van der Waals surface area contributed by atoms with Gasteiger partial charge in [-0.2, -0.15) is 0 Å². The van der Waals surface area contributed by atoms with Crippen LogP contribution in [0, 0.1) is 0 Å². The zero-order chi connectivity index (χ0) is 12.8. The molecule has 0 saturated heterocycles. The Labute approximate surface area is 107 Å². The molecule has 4 heteroatoms. The van der Waals surface area contributed by atoms with E-state index in [9.17, 15) is 4.79 Å². The van der Waals surface area contributed by atoms with Crippen molar-refractivity contribution in [3.05, 3.63) is 47.5 Å². The van der Waals surface area contributed by atoms with Gasteiger partial charge in [0.1, 0.15) is 0 Å². The van der Waals surface area contributed by atoms with Crippen LogP contribution >= 0.6 is 0 Å². The fraction of sp³-hybridized carbons (Fsp3) is 0.357. The Bertz CT molecular complexity index is 443. The summed E-state index contributed by atoms with van der Waals surface area (Å²) < 4.78 is 5.56. The highest BCUT2D eigenvalue weighted by atomic mass is 16.5. The second-order valence-corrected chi connectivity index (χ2v) is 4.15. The summed E-state index contributed by atoms with van der Waals surface area (Å²) >= 11 is 0. The highest BCUT2D eigenvalue weighted by Gasteiger charge is 2.26. The Hall–Kier alpha value is -1.65. The van der Waals surface area contributed by atoms with Crippen LogP contribution in [-0.2, 0) is 16.0 Å². The predicted octanol–water partition coefficient (Wildman–Crippen LogP) is 0.931. The molecule has 0 bridgehead atoms. The number of rotatable bonds is 4. The standard InChI is InChI=1S/C14H18N2O2/c15-8-3-4-9-16-14(17)13-12-6-2-1-5-11(12)7-10-18-13/h1-6,13H,7-10,15H2,(H,16,17)/b4-3+. The van der Waals surface area contributed by atoms with Crippen molar-refractivity contribution in [2.45, 2.75) is 12.5 Å². The maximum absolute atomic E-state index is 12.0. The van der Waals surface area contributed by atoms with Crippen LogP contribution in [0.1, 0.15) is 17.2 Å². The fourth-order valence-corrected chi connectivity index (χ4v) is 2.04. The maximum atomic E-state index is 12.0. The van der Waals surface area contributed by atoms with Crippen molar-refractivity contribution >= 4 is 5.91 Å². The summed E-state index contributed by atoms with van der Waals surface area (Å²) in [5.74, 6) is -0.0937. The van der Waals surface area contributed by atoms with Gasteiger partial charge in [0.25, 0.3) is 5.91 Å². The molecule has 1 heterocycles. The summed E-state index contributed by atoms with van der Waals surface area (Å²) in [6, 6.07) is 7.92. The van der Waals surface area contributed by atoms with E-state index in [0.717, 1.165) is 12.0 Å². The summed E-state index contributed by atoms with van der Waals surface area (Å²) in [5.41, 5.74) is 7.50. The lowest BCUT2D eigenvalue weighted by molar-refractivity contribution is -0.133. The van der Waals surface area contributed by atoms with E-state index in [2.05, 4.69) is 5.32 Å². The molecule has 96 valence electrons. The van der Waals surface area contributed by atoms with Crippen LogP contribution in [0.3, 0.4) is 0 Å². The molecule has 3 N–H and O–H groups in total. The third kappa shape index (κ3) is 2.97. The van der Waals surface area contributed by atoms with Gasteiger partial charge < -0.3 is 15.8 Å². The molecule has 0 radical (unpaired) electrons. The SMILES string of the molecule is NC/C=C/CNC(=O)C1OCCc2ccccc21. The number of hydrogen-bond donors (Lipinski definition) is 2. The van der Waals surface area contributed by atoms with Crippen molar-refractivity contribution < 1.29 is 9.53 Å². The lowest BCUT2D eigenvalue weighted by Crippen LogP contribution is -2.33. The van der Waals surface area contributed by atoms with Gasteiger partial charge in [0, 0.05) is 13.1 Å².